The fourth-order valence-electron chi connectivity index (χ4n) is 4.45. The van der Waals surface area contributed by atoms with E-state index in [2.05, 4.69) is 20.4 Å². The first-order valence-electron chi connectivity index (χ1n) is 11.5. The monoisotopic (exact) mass is 488 g/mol. The Labute approximate surface area is 201 Å². The van der Waals surface area contributed by atoms with E-state index in [1.165, 1.54) is 11.8 Å². The van der Waals surface area contributed by atoms with Crippen molar-refractivity contribution in [1.82, 2.24) is 20.4 Å². The molecular weight excluding hydrogens is 452 g/mol. The third-order valence-electron chi connectivity index (χ3n) is 5.87. The van der Waals surface area contributed by atoms with Gasteiger partial charge in [-0.05, 0) is 25.2 Å². The summed E-state index contributed by atoms with van der Waals surface area (Å²) in [5.41, 5.74) is 0. The number of rotatable bonds is 9. The van der Waals surface area contributed by atoms with Crippen LogP contribution in [0, 0.1) is 11.8 Å². The lowest BCUT2D eigenvalue weighted by atomic mass is 9.82. The molecule has 0 spiro atoms. The molecule has 182 valence electrons. The highest BCUT2D eigenvalue weighted by molar-refractivity contribution is 7.99. The molecule has 1 N–H and O–H groups in total. The first-order valence-corrected chi connectivity index (χ1v) is 12.4. The van der Waals surface area contributed by atoms with E-state index in [1.807, 2.05) is 27.7 Å². The lowest BCUT2D eigenvalue weighted by molar-refractivity contribution is -0.130. The maximum atomic E-state index is 13.3. The number of amides is 1. The van der Waals surface area contributed by atoms with Crippen LogP contribution in [0.1, 0.15) is 70.5 Å². The Hall–Kier alpha value is -1.16. The van der Waals surface area contributed by atoms with Crippen LogP contribution in [0.15, 0.2) is 9.64 Å². The number of morpholine rings is 1. The van der Waals surface area contributed by atoms with Crippen LogP contribution < -0.4 is 5.32 Å². The van der Waals surface area contributed by atoms with Crippen LogP contribution in [-0.2, 0) is 9.53 Å². The molecule has 8 nitrogen and oxygen atoms in total. The van der Waals surface area contributed by atoms with E-state index in [-0.39, 0.29) is 53.1 Å². The van der Waals surface area contributed by atoms with E-state index in [0.29, 0.717) is 24.9 Å². The van der Waals surface area contributed by atoms with Gasteiger partial charge in [-0.25, -0.2) is 0 Å². The second-order valence-electron chi connectivity index (χ2n) is 9.20. The Morgan fingerprint density at radius 1 is 1.12 bits per heavy atom. The van der Waals surface area contributed by atoms with E-state index in [1.54, 1.807) is 0 Å². The molecule has 3 atom stereocenters. The van der Waals surface area contributed by atoms with Gasteiger partial charge < -0.3 is 14.5 Å². The molecule has 0 bridgehead atoms. The molecule has 2 fully saturated rings. The van der Waals surface area contributed by atoms with E-state index in [9.17, 15) is 9.59 Å². The maximum Gasteiger partial charge on any atom is 0.286 e. The summed E-state index contributed by atoms with van der Waals surface area (Å²) >= 11 is 1.42. The quantitative estimate of drug-likeness (QED) is 0.416. The molecule has 1 amide bonds. The van der Waals surface area contributed by atoms with Crippen LogP contribution in [0.2, 0.25) is 0 Å². The predicted molar refractivity (Wildman–Crippen MR) is 126 cm³/mol. The summed E-state index contributed by atoms with van der Waals surface area (Å²) in [6, 6.07) is -0.443. The molecule has 0 unspecified atom stereocenters. The molecular formula is C22H37ClN4O4S. The van der Waals surface area contributed by atoms with Gasteiger partial charge in [0.2, 0.25) is 11.7 Å². The van der Waals surface area contributed by atoms with Crippen LogP contribution in [-0.4, -0.2) is 70.4 Å². The lowest BCUT2D eigenvalue weighted by Crippen LogP contribution is -2.54. The number of Topliss-reactive ketones (excluding diaryl/α,β-unsaturated/α-hetero) is 1. The topological polar surface area (TPSA) is 97.6 Å². The van der Waals surface area contributed by atoms with Gasteiger partial charge in [-0.3, -0.25) is 14.5 Å². The van der Waals surface area contributed by atoms with E-state index in [4.69, 9.17) is 9.15 Å². The van der Waals surface area contributed by atoms with Crippen molar-refractivity contribution in [2.45, 2.75) is 82.4 Å². The van der Waals surface area contributed by atoms with Gasteiger partial charge in [0.05, 0.1) is 25.2 Å². The number of aromatic nitrogens is 2. The van der Waals surface area contributed by atoms with Gasteiger partial charge >= 0.3 is 0 Å². The van der Waals surface area contributed by atoms with Crippen molar-refractivity contribution in [3.05, 3.63) is 5.89 Å². The lowest BCUT2D eigenvalue weighted by Gasteiger charge is -2.41. The molecule has 0 aromatic carbocycles. The van der Waals surface area contributed by atoms with Crippen molar-refractivity contribution in [3.63, 3.8) is 0 Å². The van der Waals surface area contributed by atoms with Crippen LogP contribution in [0.3, 0.4) is 0 Å². The average molecular weight is 489 g/mol. The molecule has 1 aromatic rings. The summed E-state index contributed by atoms with van der Waals surface area (Å²) in [5.74, 6) is -0.232. The van der Waals surface area contributed by atoms with Gasteiger partial charge in [-0.15, -0.1) is 22.6 Å². The number of hydrogen-bond acceptors (Lipinski definition) is 8. The smallest absolute Gasteiger partial charge is 0.286 e. The minimum absolute atomic E-state index is 0. The molecule has 1 saturated carbocycles. The molecule has 1 aromatic heterocycles. The molecule has 10 heteroatoms. The highest BCUT2D eigenvalue weighted by atomic mass is 35.5. The molecule has 1 aliphatic heterocycles. The van der Waals surface area contributed by atoms with Crippen LogP contribution in [0.4, 0.5) is 0 Å². The highest BCUT2D eigenvalue weighted by Gasteiger charge is 2.37. The Morgan fingerprint density at radius 3 is 2.47 bits per heavy atom. The zero-order valence-corrected chi connectivity index (χ0v) is 21.2. The van der Waals surface area contributed by atoms with Gasteiger partial charge in [-0.1, -0.05) is 52.3 Å². The highest BCUT2D eigenvalue weighted by Crippen LogP contribution is 2.30. The number of carbonyl (C=O) groups excluding carboxylic acids is 2. The third kappa shape index (κ3) is 7.43. The Balaban J connectivity index is 0.00000363. The molecule has 0 radical (unpaired) electrons. The number of thioether (sulfide) groups is 1. The Bertz CT molecular complexity index is 739. The summed E-state index contributed by atoms with van der Waals surface area (Å²) in [6.07, 6.45) is 4.58. The number of ketones is 1. The Kier molecular flexibility index (Phi) is 10.9. The largest absolute Gasteiger partial charge is 0.408 e. The van der Waals surface area contributed by atoms with Crippen molar-refractivity contribution in [3.8, 4) is 0 Å². The predicted octanol–water partition coefficient (Wildman–Crippen LogP) is 3.60. The fraction of sp³-hybridized carbons (Fsp3) is 0.818. The van der Waals surface area contributed by atoms with Crippen LogP contribution in [0.5, 0.6) is 0 Å². The summed E-state index contributed by atoms with van der Waals surface area (Å²) < 4.78 is 11.1. The second-order valence-corrected chi connectivity index (χ2v) is 10.7. The molecule has 2 heterocycles. The summed E-state index contributed by atoms with van der Waals surface area (Å²) in [6.45, 7) is 11.3. The molecule has 1 aliphatic carbocycles. The van der Waals surface area contributed by atoms with Gasteiger partial charge in [0, 0.05) is 24.4 Å². The van der Waals surface area contributed by atoms with E-state index in [0.717, 1.165) is 38.8 Å². The van der Waals surface area contributed by atoms with Crippen molar-refractivity contribution < 1.29 is 18.7 Å². The minimum atomic E-state index is -0.655. The minimum Gasteiger partial charge on any atom is -0.408 e. The van der Waals surface area contributed by atoms with Crippen molar-refractivity contribution >= 4 is 35.9 Å². The number of hydrogen-bond donors (Lipinski definition) is 1. The van der Waals surface area contributed by atoms with Crippen LogP contribution in [0.25, 0.3) is 0 Å². The SMILES string of the molecule is CC(C)C[C@H](NC(=O)[C@@H]1CCCC[C@@H]1N1CCOCC1)C(=O)c1nnc(SC(C)C)o1.Cl. The average Bonchev–Trinajstić information content (AvgIpc) is 3.20. The standard InChI is InChI=1S/C22H36N4O4S.ClH/c1-14(2)13-17(19(27)21-24-25-22(30-21)31-15(3)4)23-20(28)16-7-5-6-8-18(16)26-9-11-29-12-10-26;/h14-18H,5-13H2,1-4H3,(H,23,28);1H/t16-,17+,18+;/m1./s1. The van der Waals surface area contributed by atoms with Crippen LogP contribution >= 0.6 is 24.2 Å². The number of nitrogens with zero attached hydrogens (tertiary/aromatic N) is 3. The first kappa shape index (κ1) is 27.1. The number of nitrogens with one attached hydrogen (secondary N) is 1. The zero-order valence-electron chi connectivity index (χ0n) is 19.5. The summed E-state index contributed by atoms with van der Waals surface area (Å²) in [4.78, 5) is 28.9. The molecule has 2 aliphatic rings. The summed E-state index contributed by atoms with van der Waals surface area (Å²) in [5, 5.41) is 11.6. The Morgan fingerprint density at radius 2 is 1.81 bits per heavy atom. The maximum absolute atomic E-state index is 13.3. The second kappa shape index (κ2) is 12.9. The fourth-order valence-corrected chi connectivity index (χ4v) is 5.07. The first-order chi connectivity index (χ1) is 14.8. The van der Waals surface area contributed by atoms with E-state index >= 15 is 0 Å². The van der Waals surface area contributed by atoms with Gasteiger partial charge in [0.1, 0.15) is 0 Å². The van der Waals surface area contributed by atoms with Crippen molar-refractivity contribution in [2.75, 3.05) is 26.3 Å². The number of carbonyl (C=O) groups is 2. The normalized spacial score (nSPS) is 23.1. The zero-order chi connectivity index (χ0) is 22.4. The molecule has 1 saturated heterocycles. The van der Waals surface area contributed by atoms with Crippen molar-refractivity contribution in [2.24, 2.45) is 11.8 Å². The molecule has 3 rings (SSSR count). The van der Waals surface area contributed by atoms with Gasteiger partial charge in [0.15, 0.2) is 0 Å². The number of halogens is 1. The van der Waals surface area contributed by atoms with E-state index < -0.39 is 6.04 Å². The van der Waals surface area contributed by atoms with Gasteiger partial charge in [0.25, 0.3) is 11.1 Å². The number of ether oxygens (including phenoxy) is 1. The third-order valence-corrected chi connectivity index (χ3v) is 6.71. The van der Waals surface area contributed by atoms with Crippen molar-refractivity contribution in [1.29, 1.82) is 0 Å². The summed E-state index contributed by atoms with van der Waals surface area (Å²) in [7, 11) is 0. The van der Waals surface area contributed by atoms with Gasteiger partial charge in [-0.2, -0.15) is 0 Å². The molecule has 32 heavy (non-hydrogen) atoms.